The van der Waals surface area contributed by atoms with Crippen LogP contribution in [0.1, 0.15) is 15.9 Å². The van der Waals surface area contributed by atoms with Gasteiger partial charge in [0.15, 0.2) is 5.78 Å². The number of fused-ring (bicyclic) bond motifs is 3. The third-order valence-electron chi connectivity index (χ3n) is 4.76. The molecule has 27 heavy (non-hydrogen) atoms. The smallest absolute Gasteiger partial charge is 0.196 e. The van der Waals surface area contributed by atoms with Crippen LogP contribution in [0, 0.1) is 5.82 Å². The molecule has 2 aromatic carbocycles. The molecule has 0 aliphatic heterocycles. The lowest BCUT2D eigenvalue weighted by Crippen LogP contribution is -2.01. The summed E-state index contributed by atoms with van der Waals surface area (Å²) in [4.78, 5) is 22.2. The van der Waals surface area contributed by atoms with E-state index in [1.807, 2.05) is 48.5 Å². The summed E-state index contributed by atoms with van der Waals surface area (Å²) < 4.78 is 13.4. The fourth-order valence-corrected chi connectivity index (χ4v) is 3.49. The topological polar surface area (TPSA) is 42.9 Å². The standard InChI is InChI=1S/C23H13FN2O/c24-15-10-8-14(9-11-15)18-13-20(19-7-3-4-12-25-19)26-22-16-5-1-2-6-17(16)23(27)21(18)22/h1-13H. The van der Waals surface area contributed by atoms with Crippen LogP contribution in [0.3, 0.4) is 0 Å². The van der Waals surface area contributed by atoms with Gasteiger partial charge >= 0.3 is 0 Å². The van der Waals surface area contributed by atoms with Gasteiger partial charge in [0.2, 0.25) is 0 Å². The minimum atomic E-state index is -0.316. The first-order valence-electron chi connectivity index (χ1n) is 8.59. The molecule has 2 aromatic heterocycles. The van der Waals surface area contributed by atoms with Gasteiger partial charge in [-0.2, -0.15) is 0 Å². The Balaban J connectivity index is 1.83. The summed E-state index contributed by atoms with van der Waals surface area (Å²) in [5.41, 5.74) is 5.58. The predicted molar refractivity (Wildman–Crippen MR) is 102 cm³/mol. The molecule has 0 saturated carbocycles. The van der Waals surface area contributed by atoms with Crippen molar-refractivity contribution in [2.75, 3.05) is 0 Å². The molecule has 0 unspecified atom stereocenters. The molecule has 0 spiro atoms. The molecule has 2 heterocycles. The van der Waals surface area contributed by atoms with Gasteiger partial charge < -0.3 is 0 Å². The lowest BCUT2D eigenvalue weighted by atomic mass is 9.96. The predicted octanol–water partition coefficient (Wildman–Crippen LogP) is 5.16. The minimum absolute atomic E-state index is 0.0556. The lowest BCUT2D eigenvalue weighted by molar-refractivity contribution is 0.104. The Bertz CT molecular complexity index is 1180. The molecule has 4 aromatic rings. The fourth-order valence-electron chi connectivity index (χ4n) is 3.49. The summed E-state index contributed by atoms with van der Waals surface area (Å²) in [6, 6.07) is 21.1. The van der Waals surface area contributed by atoms with Crippen molar-refractivity contribution < 1.29 is 9.18 Å². The number of ketones is 1. The largest absolute Gasteiger partial charge is 0.288 e. The molecule has 0 bridgehead atoms. The van der Waals surface area contributed by atoms with Crippen LogP contribution in [-0.2, 0) is 0 Å². The molecule has 1 aliphatic carbocycles. The van der Waals surface area contributed by atoms with Crippen molar-refractivity contribution in [3.63, 3.8) is 0 Å². The van der Waals surface area contributed by atoms with Crippen molar-refractivity contribution in [3.05, 3.63) is 95.9 Å². The summed E-state index contributed by atoms with van der Waals surface area (Å²) in [7, 11) is 0. The summed E-state index contributed by atoms with van der Waals surface area (Å²) in [5, 5.41) is 0. The third kappa shape index (κ3) is 2.46. The van der Waals surface area contributed by atoms with E-state index in [2.05, 4.69) is 4.98 Å². The highest BCUT2D eigenvalue weighted by Crippen LogP contribution is 2.42. The molecule has 5 rings (SSSR count). The fraction of sp³-hybridized carbons (Fsp3) is 0. The van der Waals surface area contributed by atoms with Crippen LogP contribution in [-0.4, -0.2) is 15.8 Å². The Morgan fingerprint density at radius 2 is 1.48 bits per heavy atom. The average molecular weight is 352 g/mol. The molecular weight excluding hydrogens is 339 g/mol. The zero-order chi connectivity index (χ0) is 18.4. The maximum atomic E-state index is 13.4. The number of carbonyl (C=O) groups is 1. The molecule has 0 atom stereocenters. The number of pyridine rings is 2. The van der Waals surface area contributed by atoms with Crippen LogP contribution < -0.4 is 0 Å². The van der Waals surface area contributed by atoms with Crippen molar-refractivity contribution in [2.45, 2.75) is 0 Å². The second kappa shape index (κ2) is 5.95. The number of nitrogens with zero attached hydrogens (tertiary/aromatic N) is 2. The SMILES string of the molecule is O=C1c2ccccc2-c2nc(-c3ccccn3)cc(-c3ccc(F)cc3)c21. The molecule has 128 valence electrons. The van der Waals surface area contributed by atoms with E-state index in [0.29, 0.717) is 22.5 Å². The van der Waals surface area contributed by atoms with Crippen LogP contribution in [0.25, 0.3) is 33.8 Å². The normalized spacial score (nSPS) is 12.0. The molecule has 0 radical (unpaired) electrons. The van der Waals surface area contributed by atoms with Gasteiger partial charge in [-0.05, 0) is 41.5 Å². The Labute approximate surface area is 155 Å². The van der Waals surface area contributed by atoms with Gasteiger partial charge in [-0.15, -0.1) is 0 Å². The van der Waals surface area contributed by atoms with Crippen LogP contribution in [0.5, 0.6) is 0 Å². The number of benzene rings is 2. The van der Waals surface area contributed by atoms with E-state index in [1.54, 1.807) is 18.3 Å². The van der Waals surface area contributed by atoms with Crippen LogP contribution in [0.2, 0.25) is 0 Å². The molecule has 0 amide bonds. The van der Waals surface area contributed by atoms with Gasteiger partial charge in [0.1, 0.15) is 5.82 Å². The van der Waals surface area contributed by atoms with Gasteiger partial charge in [0.05, 0.1) is 22.6 Å². The van der Waals surface area contributed by atoms with Crippen molar-refractivity contribution in [2.24, 2.45) is 0 Å². The number of carbonyl (C=O) groups excluding carboxylic acids is 1. The van der Waals surface area contributed by atoms with Gasteiger partial charge in [-0.1, -0.05) is 42.5 Å². The van der Waals surface area contributed by atoms with Gasteiger partial charge in [-0.3, -0.25) is 9.78 Å². The van der Waals surface area contributed by atoms with E-state index in [1.165, 1.54) is 12.1 Å². The average Bonchev–Trinajstić information content (AvgIpc) is 3.01. The zero-order valence-corrected chi connectivity index (χ0v) is 14.2. The van der Waals surface area contributed by atoms with Crippen LogP contribution >= 0.6 is 0 Å². The molecule has 0 fully saturated rings. The molecule has 3 nitrogen and oxygen atoms in total. The monoisotopic (exact) mass is 352 g/mol. The highest BCUT2D eigenvalue weighted by Gasteiger charge is 2.31. The Kier molecular flexibility index (Phi) is 3.44. The molecule has 4 heteroatoms. The van der Waals surface area contributed by atoms with E-state index in [9.17, 15) is 9.18 Å². The summed E-state index contributed by atoms with van der Waals surface area (Å²) >= 11 is 0. The maximum Gasteiger partial charge on any atom is 0.196 e. The minimum Gasteiger partial charge on any atom is -0.288 e. The van der Waals surface area contributed by atoms with E-state index < -0.39 is 0 Å². The summed E-state index contributed by atoms with van der Waals surface area (Å²) in [6.07, 6.45) is 1.71. The van der Waals surface area contributed by atoms with Gasteiger partial charge in [0, 0.05) is 17.3 Å². The number of halogens is 1. The Morgan fingerprint density at radius 3 is 2.22 bits per heavy atom. The van der Waals surface area contributed by atoms with Crippen LogP contribution in [0.4, 0.5) is 4.39 Å². The van der Waals surface area contributed by atoms with Crippen LogP contribution in [0.15, 0.2) is 79.0 Å². The van der Waals surface area contributed by atoms with E-state index in [4.69, 9.17) is 4.98 Å². The quantitative estimate of drug-likeness (QED) is 0.441. The molecular formula is C23H13FN2O. The van der Waals surface area contributed by atoms with Gasteiger partial charge in [0.25, 0.3) is 0 Å². The Morgan fingerprint density at radius 1 is 0.741 bits per heavy atom. The van der Waals surface area contributed by atoms with Crippen molar-refractivity contribution in [1.82, 2.24) is 9.97 Å². The first-order chi connectivity index (χ1) is 13.2. The van der Waals surface area contributed by atoms with Gasteiger partial charge in [-0.25, -0.2) is 9.37 Å². The first kappa shape index (κ1) is 15.6. The lowest BCUT2D eigenvalue weighted by Gasteiger charge is -2.11. The molecule has 0 N–H and O–H groups in total. The number of hydrogen-bond donors (Lipinski definition) is 0. The van der Waals surface area contributed by atoms with E-state index in [-0.39, 0.29) is 11.6 Å². The number of rotatable bonds is 2. The van der Waals surface area contributed by atoms with E-state index >= 15 is 0 Å². The van der Waals surface area contributed by atoms with E-state index in [0.717, 1.165) is 22.4 Å². The highest BCUT2D eigenvalue weighted by molar-refractivity contribution is 6.24. The molecule has 0 saturated heterocycles. The summed E-state index contributed by atoms with van der Waals surface area (Å²) in [5.74, 6) is -0.371. The number of aromatic nitrogens is 2. The third-order valence-corrected chi connectivity index (χ3v) is 4.76. The number of hydrogen-bond acceptors (Lipinski definition) is 3. The Hall–Kier alpha value is -3.66. The zero-order valence-electron chi connectivity index (χ0n) is 14.2. The second-order valence-electron chi connectivity index (χ2n) is 6.38. The van der Waals surface area contributed by atoms with Crippen molar-refractivity contribution >= 4 is 5.78 Å². The summed E-state index contributed by atoms with van der Waals surface area (Å²) in [6.45, 7) is 0. The first-order valence-corrected chi connectivity index (χ1v) is 8.59. The second-order valence-corrected chi connectivity index (χ2v) is 6.38. The van der Waals surface area contributed by atoms with Crippen molar-refractivity contribution in [1.29, 1.82) is 0 Å². The molecule has 1 aliphatic rings. The van der Waals surface area contributed by atoms with Crippen molar-refractivity contribution in [3.8, 4) is 33.8 Å². The maximum absolute atomic E-state index is 13.4. The highest BCUT2D eigenvalue weighted by atomic mass is 19.1.